The largest absolute Gasteiger partial charge is 0.481 e. The van der Waals surface area contributed by atoms with Gasteiger partial charge in [0.1, 0.15) is 28.8 Å². The second-order valence-electron chi connectivity index (χ2n) is 19.5. The van der Waals surface area contributed by atoms with Crippen LogP contribution in [-0.2, 0) is 18.4 Å². The number of hydrogen-bond donors (Lipinski definition) is 1. The highest BCUT2D eigenvalue weighted by Crippen LogP contribution is 2.45. The summed E-state index contributed by atoms with van der Waals surface area (Å²) in [6.07, 6.45) is 15.0. The number of carbonyl (C=O) groups excluding carboxylic acids is 2. The van der Waals surface area contributed by atoms with Gasteiger partial charge in [0.25, 0.3) is 5.92 Å². The van der Waals surface area contributed by atoms with Crippen molar-refractivity contribution in [1.82, 2.24) is 59.2 Å². The molecule has 2 bridgehead atoms. The summed E-state index contributed by atoms with van der Waals surface area (Å²) in [5.41, 5.74) is 5.25. The number of benzene rings is 1. The summed E-state index contributed by atoms with van der Waals surface area (Å²) in [4.78, 5) is 46.7. The first-order valence-corrected chi connectivity index (χ1v) is 24.1. The molecule has 18 nitrogen and oxygen atoms in total. The molecular weight excluding hydrogens is 916 g/mol. The van der Waals surface area contributed by atoms with Gasteiger partial charge in [-0.15, -0.1) is 0 Å². The zero-order chi connectivity index (χ0) is 48.7. The van der Waals surface area contributed by atoms with Crippen LogP contribution in [0, 0.1) is 17.1 Å². The number of piperidine rings is 2. The van der Waals surface area contributed by atoms with Crippen LogP contribution in [0.1, 0.15) is 73.6 Å². The quantitative estimate of drug-likeness (QED) is 0.158. The Labute approximate surface area is 405 Å². The number of anilines is 2. The lowest BCUT2D eigenvalue weighted by Crippen LogP contribution is -2.68. The number of carbonyl (C=O) groups is 2. The number of imide groups is 1. The minimum atomic E-state index is -3.20. The van der Waals surface area contributed by atoms with E-state index in [1.807, 2.05) is 46.4 Å². The van der Waals surface area contributed by atoms with Crippen molar-refractivity contribution < 1.29 is 27.5 Å². The van der Waals surface area contributed by atoms with E-state index in [-0.39, 0.29) is 42.9 Å². The fourth-order valence-electron chi connectivity index (χ4n) is 11.6. The van der Waals surface area contributed by atoms with Crippen molar-refractivity contribution in [3.05, 3.63) is 96.1 Å². The maximum absolute atomic E-state index is 16.2. The Balaban J connectivity index is 0.699. The fraction of sp³-hybridized carbons (Fsp3) is 0.420. The number of piperazine rings is 1. The Hall–Kier alpha value is -7.44. The van der Waals surface area contributed by atoms with Gasteiger partial charge >= 0.3 is 6.03 Å². The van der Waals surface area contributed by atoms with Gasteiger partial charge in [0.15, 0.2) is 5.82 Å². The fourth-order valence-corrected chi connectivity index (χ4v) is 11.6. The molecule has 2 unspecified atom stereocenters. The second-order valence-corrected chi connectivity index (χ2v) is 19.5. The summed E-state index contributed by atoms with van der Waals surface area (Å²) in [5.74, 6) is -4.04. The topological polar surface area (TPSA) is 184 Å². The molecule has 21 heteroatoms. The number of nitriles is 1. The van der Waals surface area contributed by atoms with Crippen LogP contribution in [0.4, 0.5) is 29.6 Å². The maximum atomic E-state index is 16.2. The smallest absolute Gasteiger partial charge is 0.329 e. The van der Waals surface area contributed by atoms with Crippen molar-refractivity contribution in [3.63, 3.8) is 0 Å². The van der Waals surface area contributed by atoms with Crippen molar-refractivity contribution in [2.24, 2.45) is 7.05 Å². The average Bonchev–Trinajstić information content (AvgIpc) is 4.13. The summed E-state index contributed by atoms with van der Waals surface area (Å²) in [7, 11) is 3.24. The zero-order valence-electron chi connectivity index (χ0n) is 39.1. The Bertz CT molecular complexity index is 3240. The van der Waals surface area contributed by atoms with E-state index in [1.165, 1.54) is 21.7 Å². The number of rotatable bonds is 10. The molecule has 5 aliphatic heterocycles. The second kappa shape index (κ2) is 17.4. The van der Waals surface area contributed by atoms with Crippen LogP contribution in [0.15, 0.2) is 73.6 Å². The minimum absolute atomic E-state index is 0.0541. The number of fused-ring (bicyclic) bond motifs is 4. The number of aryl methyl sites for hydroxylation is 1. The molecular formula is C50H50F3N15O3. The number of likely N-dealkylation sites (tertiary alicyclic amines) is 1. The predicted molar refractivity (Wildman–Crippen MR) is 254 cm³/mol. The van der Waals surface area contributed by atoms with Gasteiger partial charge < -0.3 is 9.64 Å². The van der Waals surface area contributed by atoms with Gasteiger partial charge in [-0.1, -0.05) is 6.07 Å². The first-order chi connectivity index (χ1) is 34.4. The molecule has 13 rings (SSSR count). The number of methoxy groups -OCH3 is 1. The SMILES string of the molecule is COc1ccc(CN2C3CC2CN(c2ccc(-c4nc(-c5cnn(C6CCC(N7CC[C@H](c8cc9c(cc8F)c(N8CCC(=O)NC8=O)nn9C)C(F)(F)C7)CC6)c5)cn5ncc(C#N)c45)cn2)C3)cn1. The van der Waals surface area contributed by atoms with Crippen LogP contribution in [-0.4, -0.2) is 130 Å². The van der Waals surface area contributed by atoms with Gasteiger partial charge in [0.05, 0.1) is 61.1 Å². The molecule has 7 aromatic rings. The van der Waals surface area contributed by atoms with Crippen LogP contribution in [0.3, 0.4) is 0 Å². The lowest BCUT2D eigenvalue weighted by Gasteiger charge is -2.56. The highest BCUT2D eigenvalue weighted by molar-refractivity contribution is 6.09. The number of aromatic nitrogens is 9. The molecule has 1 aromatic carbocycles. The van der Waals surface area contributed by atoms with Crippen LogP contribution in [0.25, 0.3) is 38.9 Å². The lowest BCUT2D eigenvalue weighted by molar-refractivity contribution is -0.120. The van der Waals surface area contributed by atoms with E-state index in [1.54, 1.807) is 37.3 Å². The predicted octanol–water partition coefficient (Wildman–Crippen LogP) is 6.47. The molecule has 3 atom stereocenters. The standard InChI is InChI=1S/C50H50F3N15O3/c1-62-42-17-37(40(51)16-38(42)48(61-62)65-14-12-44(69)60-49(65)70)39-11-13-63(28-50(39,52)53)33-5-7-34(8-6-33)67-24-32(22-57-67)41-27-68-47(31(18-54)21-58-68)46(59-41)30-4-9-43(55-20-30)64-25-35-15-36(26-64)66(35)23-29-3-10-45(71-2)56-19-29/h3-4,9-10,16-17,19-22,24,27,33-36,39H,5-8,11-15,23,25-26,28H2,1-2H3,(H,60,69,70)/t33?,34?,35?,36?,39-/m1/s1. The number of alkyl halides is 2. The highest BCUT2D eigenvalue weighted by atomic mass is 19.3. The molecule has 71 heavy (non-hydrogen) atoms. The normalized spacial score (nSPS) is 23.7. The Morgan fingerprint density at radius 1 is 0.901 bits per heavy atom. The summed E-state index contributed by atoms with van der Waals surface area (Å²) in [6.45, 7) is 2.59. The van der Waals surface area contributed by atoms with Crippen molar-refractivity contribution >= 4 is 40.0 Å². The molecule has 11 heterocycles. The Morgan fingerprint density at radius 2 is 1.72 bits per heavy atom. The average molecular weight is 966 g/mol. The molecule has 364 valence electrons. The number of halogens is 3. The Kier molecular flexibility index (Phi) is 11.0. The Morgan fingerprint density at radius 3 is 2.44 bits per heavy atom. The molecule has 5 saturated heterocycles. The third-order valence-corrected chi connectivity index (χ3v) is 15.4. The van der Waals surface area contributed by atoms with E-state index in [4.69, 9.17) is 19.8 Å². The molecule has 1 saturated carbocycles. The van der Waals surface area contributed by atoms with E-state index in [0.717, 1.165) is 61.4 Å². The molecule has 6 fully saturated rings. The van der Waals surface area contributed by atoms with Crippen molar-refractivity contribution in [2.75, 3.05) is 49.6 Å². The summed E-state index contributed by atoms with van der Waals surface area (Å²) in [6, 6.07) is 13.1. The molecule has 0 radical (unpaired) electrons. The van der Waals surface area contributed by atoms with Crippen LogP contribution in [0.2, 0.25) is 0 Å². The van der Waals surface area contributed by atoms with Crippen molar-refractivity contribution in [2.45, 2.75) is 87.5 Å². The number of hydrogen-bond acceptors (Lipinski definition) is 13. The zero-order valence-corrected chi connectivity index (χ0v) is 39.1. The number of ether oxygens (including phenoxy) is 1. The van der Waals surface area contributed by atoms with Crippen LogP contribution < -0.4 is 19.9 Å². The number of nitrogens with one attached hydrogen (secondary N) is 1. The van der Waals surface area contributed by atoms with E-state index in [0.29, 0.717) is 70.7 Å². The van der Waals surface area contributed by atoms with E-state index in [9.17, 15) is 14.9 Å². The van der Waals surface area contributed by atoms with E-state index < -0.39 is 36.1 Å². The third kappa shape index (κ3) is 7.98. The van der Waals surface area contributed by atoms with Crippen molar-refractivity contribution in [1.29, 1.82) is 5.26 Å². The van der Waals surface area contributed by atoms with Gasteiger partial charge in [-0.2, -0.15) is 20.6 Å². The van der Waals surface area contributed by atoms with Gasteiger partial charge in [0.2, 0.25) is 11.8 Å². The highest BCUT2D eigenvalue weighted by Gasteiger charge is 2.49. The molecule has 6 aliphatic rings. The van der Waals surface area contributed by atoms with Gasteiger partial charge in [-0.25, -0.2) is 37.4 Å². The van der Waals surface area contributed by atoms with E-state index in [2.05, 4.69) is 42.4 Å². The third-order valence-electron chi connectivity index (χ3n) is 15.4. The minimum Gasteiger partial charge on any atom is -0.481 e. The lowest BCUT2D eigenvalue weighted by atomic mass is 9.83. The van der Waals surface area contributed by atoms with Crippen molar-refractivity contribution in [3.8, 4) is 34.5 Å². The maximum Gasteiger partial charge on any atom is 0.329 e. The van der Waals surface area contributed by atoms with E-state index >= 15 is 13.2 Å². The monoisotopic (exact) mass is 965 g/mol. The number of urea groups is 1. The molecule has 6 aromatic heterocycles. The molecule has 1 aliphatic carbocycles. The number of amides is 3. The number of pyridine rings is 2. The molecule has 3 amide bonds. The summed E-state index contributed by atoms with van der Waals surface area (Å²) >= 11 is 0. The van der Waals surface area contributed by atoms with Crippen LogP contribution in [0.5, 0.6) is 5.88 Å². The number of nitrogens with zero attached hydrogens (tertiary/aromatic N) is 14. The van der Waals surface area contributed by atoms with Gasteiger partial charge in [0, 0.05) is 98.9 Å². The molecule has 0 spiro atoms. The van der Waals surface area contributed by atoms with Crippen LogP contribution >= 0.6 is 0 Å². The first kappa shape index (κ1) is 44.7. The molecule has 1 N–H and O–H groups in total. The van der Waals surface area contributed by atoms with Gasteiger partial charge in [-0.3, -0.25) is 34.2 Å². The summed E-state index contributed by atoms with van der Waals surface area (Å²) in [5, 5.41) is 26.3. The first-order valence-electron chi connectivity index (χ1n) is 24.1. The van der Waals surface area contributed by atoms with Gasteiger partial charge in [-0.05, 0) is 80.5 Å². The summed E-state index contributed by atoms with van der Waals surface area (Å²) < 4.78 is 58.6.